The van der Waals surface area contributed by atoms with Crippen LogP contribution < -0.4 is 5.73 Å². The van der Waals surface area contributed by atoms with Gasteiger partial charge >= 0.3 is 0 Å². The highest BCUT2D eigenvalue weighted by Crippen LogP contribution is 2.16. The first-order valence-electron chi connectivity index (χ1n) is 4.86. The Hall–Kier alpha value is -1.35. The number of hydrogen-bond donors (Lipinski definition) is 1. The molecule has 3 heteroatoms. The number of imidazole rings is 1. The van der Waals surface area contributed by atoms with E-state index in [9.17, 15) is 0 Å². The van der Waals surface area contributed by atoms with Gasteiger partial charge in [-0.3, -0.25) is 0 Å². The van der Waals surface area contributed by atoms with E-state index in [4.69, 9.17) is 5.73 Å². The zero-order valence-electron chi connectivity index (χ0n) is 8.57. The maximum Gasteiger partial charge on any atom is 0.136 e. The van der Waals surface area contributed by atoms with E-state index < -0.39 is 0 Å². The van der Waals surface area contributed by atoms with Crippen molar-refractivity contribution in [3.63, 3.8) is 0 Å². The molecule has 0 aromatic carbocycles. The maximum atomic E-state index is 5.65. The minimum atomic E-state index is 0.354. The van der Waals surface area contributed by atoms with Gasteiger partial charge in [0.2, 0.25) is 0 Å². The molecule has 3 nitrogen and oxygen atoms in total. The molecule has 2 heterocycles. The Labute approximate surface area is 83.6 Å². The van der Waals surface area contributed by atoms with Gasteiger partial charge in [0.25, 0.3) is 0 Å². The molecule has 0 fully saturated rings. The van der Waals surface area contributed by atoms with Crippen LogP contribution in [0.3, 0.4) is 0 Å². The molecule has 0 saturated heterocycles. The Morgan fingerprint density at radius 3 is 3.00 bits per heavy atom. The van der Waals surface area contributed by atoms with E-state index in [-0.39, 0.29) is 0 Å². The zero-order chi connectivity index (χ0) is 10.1. The van der Waals surface area contributed by atoms with E-state index in [0.717, 1.165) is 5.65 Å². The third kappa shape index (κ3) is 1.40. The fraction of sp³-hybridized carbons (Fsp3) is 0.364. The van der Waals surface area contributed by atoms with Gasteiger partial charge in [-0.05, 0) is 18.6 Å². The second-order valence-electron chi connectivity index (χ2n) is 3.75. The molecule has 14 heavy (non-hydrogen) atoms. The molecule has 1 atom stereocenters. The monoisotopic (exact) mass is 189 g/mol. The van der Waals surface area contributed by atoms with Crippen molar-refractivity contribution >= 4 is 5.65 Å². The first-order valence-corrected chi connectivity index (χ1v) is 4.86. The molecule has 2 aromatic rings. The van der Waals surface area contributed by atoms with Crippen molar-refractivity contribution in [3.8, 4) is 0 Å². The van der Waals surface area contributed by atoms with Gasteiger partial charge in [0.1, 0.15) is 5.65 Å². The van der Waals surface area contributed by atoms with Crippen molar-refractivity contribution in [1.82, 2.24) is 9.38 Å². The van der Waals surface area contributed by atoms with E-state index in [1.54, 1.807) is 0 Å². The maximum absolute atomic E-state index is 5.65. The van der Waals surface area contributed by atoms with Crippen molar-refractivity contribution in [2.75, 3.05) is 6.54 Å². The van der Waals surface area contributed by atoms with Gasteiger partial charge in [-0.15, -0.1) is 0 Å². The molecular formula is C11H15N3. The van der Waals surface area contributed by atoms with Crippen LogP contribution in [0.15, 0.2) is 24.5 Å². The van der Waals surface area contributed by atoms with Gasteiger partial charge in [-0.2, -0.15) is 0 Å². The Balaban J connectivity index is 2.61. The standard InChI is InChI=1S/C11H15N3/c1-8-3-4-11-13-6-10(9(2)5-12)14(11)7-8/h3-4,6-7,9H,5,12H2,1-2H3. The molecule has 0 aliphatic carbocycles. The van der Waals surface area contributed by atoms with Crippen molar-refractivity contribution in [2.45, 2.75) is 19.8 Å². The van der Waals surface area contributed by atoms with Crippen LogP contribution in [0.25, 0.3) is 5.65 Å². The third-order valence-corrected chi connectivity index (χ3v) is 2.54. The van der Waals surface area contributed by atoms with Crippen LogP contribution in [0.5, 0.6) is 0 Å². The number of nitrogens with two attached hydrogens (primary N) is 1. The van der Waals surface area contributed by atoms with E-state index in [0.29, 0.717) is 12.5 Å². The van der Waals surface area contributed by atoms with Crippen LogP contribution >= 0.6 is 0 Å². The lowest BCUT2D eigenvalue weighted by molar-refractivity contribution is 0.736. The normalized spacial score (nSPS) is 13.4. The highest BCUT2D eigenvalue weighted by molar-refractivity contribution is 5.42. The molecule has 1 unspecified atom stereocenters. The number of hydrogen-bond acceptors (Lipinski definition) is 2. The Morgan fingerprint density at radius 2 is 2.29 bits per heavy atom. The van der Waals surface area contributed by atoms with E-state index in [1.165, 1.54) is 11.3 Å². The molecular weight excluding hydrogens is 174 g/mol. The van der Waals surface area contributed by atoms with Gasteiger partial charge in [0, 0.05) is 30.6 Å². The number of rotatable bonds is 2. The smallest absolute Gasteiger partial charge is 0.136 e. The summed E-state index contributed by atoms with van der Waals surface area (Å²) >= 11 is 0. The summed E-state index contributed by atoms with van der Waals surface area (Å²) < 4.78 is 2.12. The predicted molar refractivity (Wildman–Crippen MR) is 57.4 cm³/mol. The SMILES string of the molecule is Cc1ccc2ncc(C(C)CN)n2c1. The molecule has 2 N–H and O–H groups in total. The lowest BCUT2D eigenvalue weighted by Gasteiger charge is -2.08. The van der Waals surface area contributed by atoms with Gasteiger partial charge in [-0.1, -0.05) is 13.0 Å². The van der Waals surface area contributed by atoms with Crippen molar-refractivity contribution in [2.24, 2.45) is 5.73 Å². The lowest BCUT2D eigenvalue weighted by Crippen LogP contribution is -2.10. The van der Waals surface area contributed by atoms with E-state index >= 15 is 0 Å². The summed E-state index contributed by atoms with van der Waals surface area (Å²) in [5, 5.41) is 0. The molecule has 74 valence electrons. The predicted octanol–water partition coefficient (Wildman–Crippen LogP) is 1.70. The fourth-order valence-electron chi connectivity index (χ4n) is 1.59. The highest BCUT2D eigenvalue weighted by Gasteiger charge is 2.09. The summed E-state index contributed by atoms with van der Waals surface area (Å²) in [6.45, 7) is 4.85. The number of nitrogens with zero attached hydrogens (tertiary/aromatic N) is 2. The molecule has 0 aliphatic heterocycles. The summed E-state index contributed by atoms with van der Waals surface area (Å²) in [7, 11) is 0. The number of fused-ring (bicyclic) bond motifs is 1. The van der Waals surface area contributed by atoms with Gasteiger partial charge in [0.05, 0.1) is 0 Å². The first kappa shape index (κ1) is 9.21. The fourth-order valence-corrected chi connectivity index (χ4v) is 1.59. The summed E-state index contributed by atoms with van der Waals surface area (Å²) in [4.78, 5) is 4.34. The number of pyridine rings is 1. The minimum absolute atomic E-state index is 0.354. The van der Waals surface area contributed by atoms with Gasteiger partial charge in [-0.25, -0.2) is 4.98 Å². The van der Waals surface area contributed by atoms with Crippen LogP contribution in [0, 0.1) is 6.92 Å². The zero-order valence-corrected chi connectivity index (χ0v) is 8.57. The van der Waals surface area contributed by atoms with Crippen molar-refractivity contribution in [1.29, 1.82) is 0 Å². The van der Waals surface area contributed by atoms with Crippen LogP contribution in [0.1, 0.15) is 24.1 Å². The van der Waals surface area contributed by atoms with E-state index in [2.05, 4.69) is 35.5 Å². The minimum Gasteiger partial charge on any atom is -0.330 e. The lowest BCUT2D eigenvalue weighted by atomic mass is 10.1. The van der Waals surface area contributed by atoms with Crippen LogP contribution in [0.2, 0.25) is 0 Å². The van der Waals surface area contributed by atoms with Gasteiger partial charge in [0.15, 0.2) is 0 Å². The third-order valence-electron chi connectivity index (χ3n) is 2.54. The quantitative estimate of drug-likeness (QED) is 0.781. The molecule has 0 bridgehead atoms. The molecule has 0 saturated carbocycles. The largest absolute Gasteiger partial charge is 0.330 e. The van der Waals surface area contributed by atoms with Crippen LogP contribution in [-0.4, -0.2) is 15.9 Å². The summed E-state index contributed by atoms with van der Waals surface area (Å²) in [6, 6.07) is 4.10. The molecule has 0 spiro atoms. The van der Waals surface area contributed by atoms with Crippen molar-refractivity contribution in [3.05, 3.63) is 35.8 Å². The Kier molecular flexibility index (Phi) is 2.25. The average molecular weight is 189 g/mol. The molecule has 2 rings (SSSR count). The Morgan fingerprint density at radius 1 is 1.50 bits per heavy atom. The average Bonchev–Trinajstić information content (AvgIpc) is 2.59. The second-order valence-corrected chi connectivity index (χ2v) is 3.75. The molecule has 0 aliphatic rings. The number of aromatic nitrogens is 2. The van der Waals surface area contributed by atoms with E-state index in [1.807, 2.05) is 12.3 Å². The topological polar surface area (TPSA) is 43.3 Å². The van der Waals surface area contributed by atoms with Crippen LogP contribution in [0.4, 0.5) is 0 Å². The first-order chi connectivity index (χ1) is 6.72. The summed E-state index contributed by atoms with van der Waals surface area (Å²) in [5.41, 5.74) is 9.07. The van der Waals surface area contributed by atoms with Gasteiger partial charge < -0.3 is 10.1 Å². The molecule has 0 radical (unpaired) electrons. The number of aryl methyl sites for hydroxylation is 1. The molecule has 2 aromatic heterocycles. The summed E-state index contributed by atoms with van der Waals surface area (Å²) in [5.74, 6) is 0.354. The molecule has 0 amide bonds. The van der Waals surface area contributed by atoms with Crippen LogP contribution in [-0.2, 0) is 0 Å². The van der Waals surface area contributed by atoms with Crippen molar-refractivity contribution < 1.29 is 0 Å². The Bertz CT molecular complexity index is 445. The highest BCUT2D eigenvalue weighted by atomic mass is 15.0. The second kappa shape index (κ2) is 3.42. The summed E-state index contributed by atoms with van der Waals surface area (Å²) in [6.07, 6.45) is 4.01.